The first kappa shape index (κ1) is 16.6. The molecule has 1 aliphatic heterocycles. The number of rotatable bonds is 3. The quantitative estimate of drug-likeness (QED) is 0.524. The van der Waals surface area contributed by atoms with Crippen molar-refractivity contribution >= 4 is 28.0 Å². The lowest BCUT2D eigenvalue weighted by Crippen LogP contribution is -2.15. The first-order valence-corrected chi connectivity index (χ1v) is 8.84. The smallest absolute Gasteiger partial charge is 0.344 e. The number of benzene rings is 1. The van der Waals surface area contributed by atoms with Gasteiger partial charge in [-0.3, -0.25) is 4.79 Å². The average molecular weight is 351 g/mol. The fraction of sp³-hybridized carbons (Fsp3) is 0.333. The zero-order valence-electron chi connectivity index (χ0n) is 15.0. The molecule has 0 amide bonds. The van der Waals surface area contributed by atoms with Crippen LogP contribution < -0.4 is 15.8 Å². The highest BCUT2D eigenvalue weighted by molar-refractivity contribution is 6.10. The Hall–Kier alpha value is -2.82. The third-order valence-corrected chi connectivity index (χ3v) is 4.61. The highest BCUT2D eigenvalue weighted by Crippen LogP contribution is 2.41. The SMILES string of the molecule is CCCCc1[c]c(=O)oc2c1c1c(c3oc(C)cc(=O)c32)C=CC(C)O1. The summed E-state index contributed by atoms with van der Waals surface area (Å²) < 4.78 is 17.3. The summed E-state index contributed by atoms with van der Waals surface area (Å²) in [6.45, 7) is 5.72. The zero-order valence-corrected chi connectivity index (χ0v) is 15.0. The third-order valence-electron chi connectivity index (χ3n) is 4.61. The Morgan fingerprint density at radius 2 is 1.96 bits per heavy atom. The number of hydrogen-bond acceptors (Lipinski definition) is 5. The first-order chi connectivity index (χ1) is 12.5. The highest BCUT2D eigenvalue weighted by Gasteiger charge is 2.26. The largest absolute Gasteiger partial charge is 0.485 e. The Morgan fingerprint density at radius 1 is 1.15 bits per heavy atom. The van der Waals surface area contributed by atoms with Crippen LogP contribution in [0.4, 0.5) is 0 Å². The van der Waals surface area contributed by atoms with Crippen LogP contribution in [0.2, 0.25) is 0 Å². The van der Waals surface area contributed by atoms with Crippen molar-refractivity contribution in [2.45, 2.75) is 46.1 Å². The van der Waals surface area contributed by atoms with E-state index in [1.54, 1.807) is 6.92 Å². The second-order valence-electron chi connectivity index (χ2n) is 6.65. The van der Waals surface area contributed by atoms with Crippen LogP contribution in [-0.2, 0) is 6.42 Å². The van der Waals surface area contributed by atoms with Gasteiger partial charge in [-0.1, -0.05) is 13.3 Å². The summed E-state index contributed by atoms with van der Waals surface area (Å²) in [4.78, 5) is 24.8. The molecule has 3 heterocycles. The molecule has 0 aliphatic carbocycles. The highest BCUT2D eigenvalue weighted by atomic mass is 16.5. The van der Waals surface area contributed by atoms with Gasteiger partial charge in [-0.2, -0.15) is 0 Å². The Balaban J connectivity index is 2.25. The summed E-state index contributed by atoms with van der Waals surface area (Å²) in [5, 5.41) is 0.920. The maximum atomic E-state index is 12.7. The molecule has 4 rings (SSSR count). The molecule has 1 unspecified atom stereocenters. The van der Waals surface area contributed by atoms with Crippen molar-refractivity contribution < 1.29 is 13.6 Å². The molecule has 1 aliphatic rings. The number of fused-ring (bicyclic) bond motifs is 6. The lowest BCUT2D eigenvalue weighted by atomic mass is 9.96. The van der Waals surface area contributed by atoms with E-state index in [0.717, 1.165) is 18.4 Å². The van der Waals surface area contributed by atoms with E-state index in [0.29, 0.717) is 34.5 Å². The molecule has 5 heteroatoms. The standard InChI is InChI=1S/C21H19O5/c1-4-5-6-13-10-16(23)26-21-17(13)19-14(8-7-11(2)24-19)20-18(21)15(22)9-12(3)25-20/h7-9,11H,4-6H2,1-3H3. The van der Waals surface area contributed by atoms with E-state index >= 15 is 0 Å². The normalized spacial score (nSPS) is 16.0. The number of hydrogen-bond donors (Lipinski definition) is 0. The molecule has 0 bridgehead atoms. The van der Waals surface area contributed by atoms with Crippen molar-refractivity contribution in [3.8, 4) is 5.75 Å². The van der Waals surface area contributed by atoms with Crippen LogP contribution in [0.1, 0.15) is 43.6 Å². The van der Waals surface area contributed by atoms with Crippen LogP contribution in [0.3, 0.4) is 0 Å². The molecule has 0 saturated heterocycles. The molecule has 0 spiro atoms. The molecule has 0 fully saturated rings. The molecule has 3 aromatic rings. The van der Waals surface area contributed by atoms with Crippen molar-refractivity contribution in [1.29, 1.82) is 0 Å². The zero-order chi connectivity index (χ0) is 18.4. The minimum Gasteiger partial charge on any atom is -0.485 e. The van der Waals surface area contributed by atoms with E-state index in [9.17, 15) is 9.59 Å². The van der Waals surface area contributed by atoms with Crippen LogP contribution in [0.15, 0.2) is 30.6 Å². The predicted molar refractivity (Wildman–Crippen MR) is 99.8 cm³/mol. The molecule has 1 aromatic carbocycles. The van der Waals surface area contributed by atoms with Crippen molar-refractivity contribution in [3.63, 3.8) is 0 Å². The van der Waals surface area contributed by atoms with Gasteiger partial charge in [0.2, 0.25) is 0 Å². The lowest BCUT2D eigenvalue weighted by molar-refractivity contribution is 0.269. The van der Waals surface area contributed by atoms with Gasteiger partial charge in [0.15, 0.2) is 16.6 Å². The van der Waals surface area contributed by atoms with E-state index in [-0.39, 0.29) is 22.5 Å². The predicted octanol–water partition coefficient (Wildman–Crippen LogP) is 4.14. The lowest BCUT2D eigenvalue weighted by Gasteiger charge is -2.22. The summed E-state index contributed by atoms with van der Waals surface area (Å²) in [5.41, 5.74) is 1.20. The number of aryl methyl sites for hydroxylation is 2. The molecule has 1 atom stereocenters. The van der Waals surface area contributed by atoms with Crippen molar-refractivity contribution in [2.24, 2.45) is 0 Å². The van der Waals surface area contributed by atoms with E-state index in [2.05, 4.69) is 13.0 Å². The van der Waals surface area contributed by atoms with E-state index in [4.69, 9.17) is 13.6 Å². The van der Waals surface area contributed by atoms with Gasteiger partial charge in [-0.05, 0) is 44.4 Å². The van der Waals surface area contributed by atoms with Gasteiger partial charge in [0, 0.05) is 6.07 Å². The van der Waals surface area contributed by atoms with Gasteiger partial charge >= 0.3 is 5.63 Å². The molecule has 2 aromatic heterocycles. The molecular weight excluding hydrogens is 332 g/mol. The summed E-state index contributed by atoms with van der Waals surface area (Å²) in [6.07, 6.45) is 6.22. The van der Waals surface area contributed by atoms with Crippen LogP contribution in [0.25, 0.3) is 28.0 Å². The first-order valence-electron chi connectivity index (χ1n) is 8.84. The molecule has 1 radical (unpaired) electrons. The second kappa shape index (κ2) is 6.16. The van der Waals surface area contributed by atoms with E-state index in [1.165, 1.54) is 6.07 Å². The monoisotopic (exact) mass is 351 g/mol. The topological polar surface area (TPSA) is 69.7 Å². The van der Waals surface area contributed by atoms with Crippen molar-refractivity contribution in [2.75, 3.05) is 0 Å². The number of unbranched alkanes of at least 4 members (excludes halogenated alkanes) is 1. The van der Waals surface area contributed by atoms with Gasteiger partial charge in [0.25, 0.3) is 0 Å². The summed E-state index contributed by atoms with van der Waals surface area (Å²) in [7, 11) is 0. The van der Waals surface area contributed by atoms with Crippen molar-refractivity contribution in [1.82, 2.24) is 0 Å². The number of ether oxygens (including phenoxy) is 1. The fourth-order valence-electron chi connectivity index (χ4n) is 3.43. The molecule has 0 saturated carbocycles. The third kappa shape index (κ3) is 2.55. The minimum absolute atomic E-state index is 0.134. The summed E-state index contributed by atoms with van der Waals surface area (Å²) in [6, 6.07) is 4.20. The van der Waals surface area contributed by atoms with Crippen LogP contribution in [-0.4, -0.2) is 6.10 Å². The maximum Gasteiger partial charge on any atom is 0.344 e. The Bertz CT molecular complexity index is 1160. The van der Waals surface area contributed by atoms with Crippen LogP contribution >= 0.6 is 0 Å². The molecule has 26 heavy (non-hydrogen) atoms. The Kier molecular flexibility index (Phi) is 3.94. The van der Waals surface area contributed by atoms with Gasteiger partial charge in [0.05, 0.1) is 17.0 Å². The Labute approximate surface area is 149 Å². The van der Waals surface area contributed by atoms with E-state index in [1.807, 2.05) is 19.1 Å². The van der Waals surface area contributed by atoms with Crippen LogP contribution in [0.5, 0.6) is 5.75 Å². The van der Waals surface area contributed by atoms with Gasteiger partial charge < -0.3 is 13.6 Å². The van der Waals surface area contributed by atoms with E-state index < -0.39 is 5.63 Å². The molecule has 5 nitrogen and oxygen atoms in total. The maximum absolute atomic E-state index is 12.7. The molecule has 0 N–H and O–H groups in total. The Morgan fingerprint density at radius 3 is 2.73 bits per heavy atom. The molecular formula is C21H19O5. The van der Waals surface area contributed by atoms with Gasteiger partial charge in [-0.25, -0.2) is 4.79 Å². The second-order valence-corrected chi connectivity index (χ2v) is 6.65. The fourth-order valence-corrected chi connectivity index (χ4v) is 3.43. The summed E-state index contributed by atoms with van der Waals surface area (Å²) >= 11 is 0. The van der Waals surface area contributed by atoms with Crippen LogP contribution in [0, 0.1) is 13.0 Å². The summed E-state index contributed by atoms with van der Waals surface area (Å²) in [5.74, 6) is 1.08. The van der Waals surface area contributed by atoms with Gasteiger partial charge in [0.1, 0.15) is 23.0 Å². The van der Waals surface area contributed by atoms with Crippen molar-refractivity contribution in [3.05, 3.63) is 55.7 Å². The minimum atomic E-state index is -0.593. The average Bonchev–Trinajstić information content (AvgIpc) is 2.58. The molecule has 133 valence electrons. The van der Waals surface area contributed by atoms with Gasteiger partial charge in [-0.15, -0.1) is 0 Å².